The van der Waals surface area contributed by atoms with Gasteiger partial charge >= 0.3 is 0 Å². The summed E-state index contributed by atoms with van der Waals surface area (Å²) in [4.78, 5) is 28.1. The molecule has 0 radical (unpaired) electrons. The van der Waals surface area contributed by atoms with E-state index in [0.29, 0.717) is 32.5 Å². The summed E-state index contributed by atoms with van der Waals surface area (Å²) in [5.74, 6) is -0.240. The summed E-state index contributed by atoms with van der Waals surface area (Å²) < 4.78 is 19.5. The fourth-order valence-corrected chi connectivity index (χ4v) is 4.49. The Kier molecular flexibility index (Phi) is 6.73. The third kappa shape index (κ3) is 4.60. The number of amides is 2. The van der Waals surface area contributed by atoms with Crippen molar-refractivity contribution >= 4 is 11.8 Å². The number of methoxy groups -OCH3 is 1. The van der Waals surface area contributed by atoms with Crippen molar-refractivity contribution in [3.63, 3.8) is 0 Å². The molecule has 3 aromatic rings. The van der Waals surface area contributed by atoms with Gasteiger partial charge in [0.25, 0.3) is 5.91 Å². The molecule has 4 rings (SSSR count). The van der Waals surface area contributed by atoms with E-state index in [0.717, 1.165) is 16.9 Å². The van der Waals surface area contributed by atoms with Gasteiger partial charge in [0.1, 0.15) is 11.6 Å². The number of nitrogens with one attached hydrogen (secondary N) is 1. The smallest absolute Gasteiger partial charge is 0.256 e. The van der Waals surface area contributed by atoms with Crippen LogP contribution in [0.1, 0.15) is 34.3 Å². The first-order valence-corrected chi connectivity index (χ1v) is 11.0. The maximum absolute atomic E-state index is 14.1. The van der Waals surface area contributed by atoms with Gasteiger partial charge < -0.3 is 15.0 Å². The average Bonchev–Trinajstić information content (AvgIpc) is 2.88. The van der Waals surface area contributed by atoms with Crippen molar-refractivity contribution in [2.45, 2.75) is 24.8 Å². The van der Waals surface area contributed by atoms with Gasteiger partial charge in [0.05, 0.1) is 18.1 Å². The molecule has 0 aromatic heterocycles. The van der Waals surface area contributed by atoms with E-state index in [1.165, 1.54) is 12.1 Å². The Labute approximate surface area is 193 Å². The quantitative estimate of drug-likeness (QED) is 0.613. The van der Waals surface area contributed by atoms with Gasteiger partial charge in [-0.05, 0) is 36.6 Å². The van der Waals surface area contributed by atoms with Crippen molar-refractivity contribution in [2.75, 3.05) is 20.2 Å². The standard InChI is InChI=1S/C27H27FN2O3/c1-33-24-14-8-5-9-20(24)19-29-26(32)27(21-10-3-2-4-11-21)15-17-30(18-16-27)25(31)22-12-6-7-13-23(22)28/h2-14H,15-19H2,1H3,(H,29,32). The topological polar surface area (TPSA) is 58.6 Å². The lowest BCUT2D eigenvalue weighted by atomic mass is 9.71. The molecule has 1 aliphatic rings. The predicted molar refractivity (Wildman–Crippen MR) is 124 cm³/mol. The summed E-state index contributed by atoms with van der Waals surface area (Å²) in [5, 5.41) is 3.09. The van der Waals surface area contributed by atoms with E-state index < -0.39 is 11.2 Å². The van der Waals surface area contributed by atoms with Crippen LogP contribution >= 0.6 is 0 Å². The van der Waals surface area contributed by atoms with E-state index >= 15 is 0 Å². The largest absolute Gasteiger partial charge is 0.496 e. The van der Waals surface area contributed by atoms with Crippen LogP contribution in [0.25, 0.3) is 0 Å². The summed E-state index contributed by atoms with van der Waals surface area (Å²) in [5.41, 5.74) is 1.10. The molecular weight excluding hydrogens is 419 g/mol. The number of carbonyl (C=O) groups is 2. The highest BCUT2D eigenvalue weighted by Crippen LogP contribution is 2.36. The lowest BCUT2D eigenvalue weighted by molar-refractivity contribution is -0.128. The maximum Gasteiger partial charge on any atom is 0.256 e. The van der Waals surface area contributed by atoms with Crippen LogP contribution in [0.5, 0.6) is 5.75 Å². The highest BCUT2D eigenvalue weighted by Gasteiger charge is 2.43. The van der Waals surface area contributed by atoms with E-state index in [9.17, 15) is 14.0 Å². The molecule has 1 fully saturated rings. The zero-order valence-electron chi connectivity index (χ0n) is 18.6. The predicted octanol–water partition coefficient (Wildman–Crippen LogP) is 4.32. The number of nitrogens with zero attached hydrogens (tertiary/aromatic N) is 1. The molecule has 5 nitrogen and oxygen atoms in total. The van der Waals surface area contributed by atoms with Gasteiger partial charge in [-0.25, -0.2) is 4.39 Å². The van der Waals surface area contributed by atoms with Crippen LogP contribution in [0.15, 0.2) is 78.9 Å². The third-order valence-electron chi connectivity index (χ3n) is 6.40. The molecular formula is C27H27FN2O3. The molecule has 0 atom stereocenters. The monoisotopic (exact) mass is 446 g/mol. The molecule has 2 amide bonds. The highest BCUT2D eigenvalue weighted by atomic mass is 19.1. The second-order valence-electron chi connectivity index (χ2n) is 8.21. The van der Waals surface area contributed by atoms with Crippen LogP contribution in [0, 0.1) is 5.82 Å². The normalized spacial score (nSPS) is 15.0. The van der Waals surface area contributed by atoms with E-state index in [1.807, 2.05) is 54.6 Å². The Balaban J connectivity index is 1.53. The lowest BCUT2D eigenvalue weighted by Gasteiger charge is -2.41. The zero-order valence-corrected chi connectivity index (χ0v) is 18.6. The Hall–Kier alpha value is -3.67. The molecule has 0 saturated carbocycles. The first-order valence-electron chi connectivity index (χ1n) is 11.0. The third-order valence-corrected chi connectivity index (χ3v) is 6.40. The molecule has 0 aliphatic carbocycles. The van der Waals surface area contributed by atoms with E-state index in [1.54, 1.807) is 24.1 Å². The molecule has 1 N–H and O–H groups in total. The van der Waals surface area contributed by atoms with Crippen LogP contribution in [-0.4, -0.2) is 36.9 Å². The van der Waals surface area contributed by atoms with Crippen LogP contribution < -0.4 is 10.1 Å². The van der Waals surface area contributed by atoms with Gasteiger partial charge in [-0.15, -0.1) is 0 Å². The summed E-state index contributed by atoms with van der Waals surface area (Å²) in [7, 11) is 1.61. The number of ether oxygens (including phenoxy) is 1. The second kappa shape index (κ2) is 9.86. The highest BCUT2D eigenvalue weighted by molar-refractivity contribution is 5.95. The fourth-order valence-electron chi connectivity index (χ4n) is 4.49. The number of hydrogen-bond acceptors (Lipinski definition) is 3. The first kappa shape index (κ1) is 22.5. The van der Waals surface area contributed by atoms with Crippen molar-refractivity contribution in [1.29, 1.82) is 0 Å². The van der Waals surface area contributed by atoms with E-state index in [4.69, 9.17) is 4.74 Å². The van der Waals surface area contributed by atoms with Crippen LogP contribution in [0.4, 0.5) is 4.39 Å². The summed E-state index contributed by atoms with van der Waals surface area (Å²) in [6.45, 7) is 1.07. The number of benzene rings is 3. The number of halogens is 1. The minimum atomic E-state index is -0.769. The van der Waals surface area contributed by atoms with Gasteiger partial charge in [-0.3, -0.25) is 9.59 Å². The average molecular weight is 447 g/mol. The lowest BCUT2D eigenvalue weighted by Crippen LogP contribution is -2.52. The second-order valence-corrected chi connectivity index (χ2v) is 8.21. The number of carbonyl (C=O) groups excluding carboxylic acids is 2. The Morgan fingerprint density at radius 2 is 1.58 bits per heavy atom. The molecule has 0 bridgehead atoms. The van der Waals surface area contributed by atoms with Crippen molar-refractivity contribution in [1.82, 2.24) is 10.2 Å². The zero-order chi connectivity index (χ0) is 23.3. The van der Waals surface area contributed by atoms with Gasteiger partial charge in [0, 0.05) is 25.2 Å². The molecule has 3 aromatic carbocycles. The Morgan fingerprint density at radius 3 is 2.27 bits per heavy atom. The summed E-state index contributed by atoms with van der Waals surface area (Å²) >= 11 is 0. The number of piperidine rings is 1. The Bertz CT molecular complexity index is 1120. The molecule has 1 aliphatic heterocycles. The number of rotatable bonds is 6. The van der Waals surface area contributed by atoms with E-state index in [-0.39, 0.29) is 17.4 Å². The maximum atomic E-state index is 14.1. The minimum absolute atomic E-state index is 0.0605. The number of para-hydroxylation sites is 1. The number of likely N-dealkylation sites (tertiary alicyclic amines) is 1. The van der Waals surface area contributed by atoms with Gasteiger partial charge in [0.15, 0.2) is 0 Å². The van der Waals surface area contributed by atoms with Crippen molar-refractivity contribution < 1.29 is 18.7 Å². The summed E-state index contributed by atoms with van der Waals surface area (Å²) in [6.07, 6.45) is 0.907. The number of hydrogen-bond donors (Lipinski definition) is 1. The van der Waals surface area contributed by atoms with Gasteiger partial charge in [-0.1, -0.05) is 60.7 Å². The molecule has 170 valence electrons. The van der Waals surface area contributed by atoms with E-state index in [2.05, 4.69) is 5.32 Å². The van der Waals surface area contributed by atoms with Crippen molar-refractivity contribution in [3.05, 3.63) is 101 Å². The summed E-state index contributed by atoms with van der Waals surface area (Å²) in [6, 6.07) is 23.2. The molecule has 6 heteroatoms. The molecule has 33 heavy (non-hydrogen) atoms. The van der Waals surface area contributed by atoms with Crippen molar-refractivity contribution in [3.8, 4) is 5.75 Å². The molecule has 0 unspecified atom stereocenters. The van der Waals surface area contributed by atoms with Gasteiger partial charge in [0.2, 0.25) is 5.91 Å². The van der Waals surface area contributed by atoms with Crippen molar-refractivity contribution in [2.24, 2.45) is 0 Å². The molecule has 0 spiro atoms. The minimum Gasteiger partial charge on any atom is -0.496 e. The fraction of sp³-hybridized carbons (Fsp3) is 0.259. The van der Waals surface area contributed by atoms with Crippen LogP contribution in [-0.2, 0) is 16.8 Å². The molecule has 1 saturated heterocycles. The Morgan fingerprint density at radius 1 is 0.939 bits per heavy atom. The van der Waals surface area contributed by atoms with Gasteiger partial charge in [-0.2, -0.15) is 0 Å². The van der Waals surface area contributed by atoms with Crippen LogP contribution in [0.3, 0.4) is 0 Å². The first-order chi connectivity index (χ1) is 16.0. The molecule has 1 heterocycles. The SMILES string of the molecule is COc1ccccc1CNC(=O)C1(c2ccccc2)CCN(C(=O)c2ccccc2F)CC1. The van der Waals surface area contributed by atoms with Crippen LogP contribution in [0.2, 0.25) is 0 Å².